The second-order valence-electron chi connectivity index (χ2n) is 11.4. The van der Waals surface area contributed by atoms with Crippen molar-refractivity contribution in [3.05, 3.63) is 11.6 Å². The molecule has 0 aromatic rings. The average Bonchev–Trinajstić information content (AvgIpc) is 3.27. The van der Waals surface area contributed by atoms with E-state index in [-0.39, 0.29) is 34.1 Å². The van der Waals surface area contributed by atoms with Crippen LogP contribution >= 0.6 is 0 Å². The summed E-state index contributed by atoms with van der Waals surface area (Å²) in [5, 5.41) is 21.8. The molecule has 0 aromatic carbocycles. The van der Waals surface area contributed by atoms with Crippen LogP contribution in [0.5, 0.6) is 0 Å². The minimum Gasteiger partial charge on any atom is -0.389 e. The highest BCUT2D eigenvalue weighted by atomic mass is 16.5. The van der Waals surface area contributed by atoms with E-state index in [4.69, 9.17) is 4.74 Å². The van der Waals surface area contributed by atoms with E-state index in [1.165, 1.54) is 37.7 Å². The van der Waals surface area contributed by atoms with Gasteiger partial charge in [-0.1, -0.05) is 38.3 Å². The molecule has 29 heavy (non-hydrogen) atoms. The van der Waals surface area contributed by atoms with Crippen molar-refractivity contribution in [1.29, 1.82) is 0 Å². The molecule has 0 heterocycles. The number of aliphatic hydroxyl groups excluding tert-OH is 2. The van der Waals surface area contributed by atoms with Gasteiger partial charge in [0.15, 0.2) is 5.78 Å². The van der Waals surface area contributed by atoms with E-state index in [9.17, 15) is 15.0 Å². The first-order valence-corrected chi connectivity index (χ1v) is 11.9. The molecule has 0 bridgehead atoms. The summed E-state index contributed by atoms with van der Waals surface area (Å²) >= 11 is 0. The van der Waals surface area contributed by atoms with Crippen molar-refractivity contribution >= 4 is 5.78 Å². The number of aliphatic hydroxyl groups is 2. The lowest BCUT2D eigenvalue weighted by Gasteiger charge is -2.59. The summed E-state index contributed by atoms with van der Waals surface area (Å²) in [7, 11) is 1.89. The maximum Gasteiger partial charge on any atom is 0.162 e. The maximum absolute atomic E-state index is 12.4. The van der Waals surface area contributed by atoms with E-state index in [1.807, 2.05) is 7.11 Å². The molecular weight excluding hydrogens is 364 g/mol. The monoisotopic (exact) mass is 402 g/mol. The summed E-state index contributed by atoms with van der Waals surface area (Å²) in [6.45, 7) is 4.50. The van der Waals surface area contributed by atoms with Crippen molar-refractivity contribution in [1.82, 2.24) is 0 Å². The Morgan fingerprint density at radius 1 is 1.00 bits per heavy atom. The molecule has 162 valence electrons. The quantitative estimate of drug-likeness (QED) is 0.684. The van der Waals surface area contributed by atoms with Gasteiger partial charge in [0.2, 0.25) is 0 Å². The van der Waals surface area contributed by atoms with Gasteiger partial charge in [0.25, 0.3) is 0 Å². The molecule has 4 heteroatoms. The number of allylic oxidation sites excluding steroid dienone is 1. The van der Waals surface area contributed by atoms with Crippen molar-refractivity contribution in [3.63, 3.8) is 0 Å². The van der Waals surface area contributed by atoms with Gasteiger partial charge in [0, 0.05) is 18.9 Å². The highest BCUT2D eigenvalue weighted by Gasteiger charge is 2.63. The van der Waals surface area contributed by atoms with Gasteiger partial charge in [-0.2, -0.15) is 0 Å². The normalized spacial score (nSPS) is 51.2. The topological polar surface area (TPSA) is 66.8 Å². The molecule has 0 amide bonds. The molecule has 0 spiro atoms. The number of rotatable bonds is 2. The van der Waals surface area contributed by atoms with Crippen molar-refractivity contribution in [2.75, 3.05) is 7.11 Å². The van der Waals surface area contributed by atoms with Crippen LogP contribution in [-0.2, 0) is 9.53 Å². The fourth-order valence-corrected chi connectivity index (χ4v) is 8.62. The third kappa shape index (κ3) is 2.64. The van der Waals surface area contributed by atoms with E-state index in [1.54, 1.807) is 0 Å². The van der Waals surface area contributed by atoms with Gasteiger partial charge in [-0.3, -0.25) is 4.79 Å². The Hall–Kier alpha value is -0.710. The van der Waals surface area contributed by atoms with E-state index >= 15 is 0 Å². The van der Waals surface area contributed by atoms with Crippen LogP contribution in [-0.4, -0.2) is 40.9 Å². The number of hydrogen-bond donors (Lipinski definition) is 2. The molecule has 5 aliphatic rings. The fraction of sp³-hybridized carbons (Fsp3) is 0.880. The predicted octanol–water partition coefficient (Wildman–Crippen LogP) is 4.04. The van der Waals surface area contributed by atoms with Crippen molar-refractivity contribution in [3.8, 4) is 0 Å². The van der Waals surface area contributed by atoms with Crippen molar-refractivity contribution < 1.29 is 19.7 Å². The van der Waals surface area contributed by atoms with Crippen LogP contribution in [0, 0.1) is 34.5 Å². The number of carbonyl (C=O) groups excluding carboxylic acids is 1. The summed E-state index contributed by atoms with van der Waals surface area (Å²) in [6, 6.07) is 0. The maximum atomic E-state index is 12.4. The van der Waals surface area contributed by atoms with Gasteiger partial charge in [-0.15, -0.1) is 0 Å². The van der Waals surface area contributed by atoms with Gasteiger partial charge in [0.1, 0.15) is 6.10 Å². The molecular formula is C25H38O4. The lowest BCUT2D eigenvalue weighted by atomic mass is 9.46. The zero-order chi connectivity index (χ0) is 20.6. The molecule has 0 aliphatic heterocycles. The summed E-state index contributed by atoms with van der Waals surface area (Å²) in [5.74, 6) is 1.16. The summed E-state index contributed by atoms with van der Waals surface area (Å²) < 4.78 is 6.12. The highest BCUT2D eigenvalue weighted by molar-refractivity contribution is 5.86. The van der Waals surface area contributed by atoms with Crippen LogP contribution in [0.4, 0.5) is 0 Å². The molecule has 5 rings (SSSR count). The SMILES string of the molecule is COC1([C@H]2CC[C@@]3(C)C(=CC(O)C4C3CC[C@@]3(C)C4CC(=O)[C@@H]3O)C2)CCCC1. The second kappa shape index (κ2) is 6.64. The summed E-state index contributed by atoms with van der Waals surface area (Å²) in [4.78, 5) is 12.4. The zero-order valence-corrected chi connectivity index (χ0v) is 18.3. The van der Waals surface area contributed by atoms with E-state index in [0.29, 0.717) is 18.3 Å². The second-order valence-corrected chi connectivity index (χ2v) is 11.4. The summed E-state index contributed by atoms with van der Waals surface area (Å²) in [6.07, 6.45) is 11.4. The predicted molar refractivity (Wildman–Crippen MR) is 111 cm³/mol. The summed E-state index contributed by atoms with van der Waals surface area (Å²) in [5.41, 5.74) is 1.24. The molecule has 0 radical (unpaired) electrons. The number of Topliss-reactive ketones (excluding diaryl/α,β-unsaturated/α-hetero) is 1. The number of ether oxygens (including phenoxy) is 1. The first-order chi connectivity index (χ1) is 13.7. The first kappa shape index (κ1) is 20.2. The van der Waals surface area contributed by atoms with Crippen LogP contribution < -0.4 is 0 Å². The number of methoxy groups -OCH3 is 1. The Balaban J connectivity index is 1.46. The van der Waals surface area contributed by atoms with Gasteiger partial charge in [-0.05, 0) is 74.0 Å². The molecule has 4 fully saturated rings. The van der Waals surface area contributed by atoms with E-state index in [2.05, 4.69) is 19.9 Å². The molecule has 4 saturated carbocycles. The molecule has 0 aromatic heterocycles. The number of fused-ring (bicyclic) bond motifs is 5. The molecule has 0 saturated heterocycles. The smallest absolute Gasteiger partial charge is 0.162 e. The Morgan fingerprint density at radius 2 is 1.72 bits per heavy atom. The lowest BCUT2D eigenvalue weighted by Crippen LogP contribution is -2.55. The molecule has 4 nitrogen and oxygen atoms in total. The van der Waals surface area contributed by atoms with Crippen LogP contribution in [0.15, 0.2) is 11.6 Å². The number of hydrogen-bond acceptors (Lipinski definition) is 4. The number of ketones is 1. The molecule has 4 unspecified atom stereocenters. The zero-order valence-electron chi connectivity index (χ0n) is 18.3. The van der Waals surface area contributed by atoms with Gasteiger partial charge in [0.05, 0.1) is 11.7 Å². The van der Waals surface area contributed by atoms with Gasteiger partial charge >= 0.3 is 0 Å². The van der Waals surface area contributed by atoms with Crippen LogP contribution in [0.2, 0.25) is 0 Å². The minimum absolute atomic E-state index is 0.0164. The average molecular weight is 403 g/mol. The van der Waals surface area contributed by atoms with Gasteiger partial charge in [-0.25, -0.2) is 0 Å². The van der Waals surface area contributed by atoms with Crippen LogP contribution in [0.3, 0.4) is 0 Å². The Kier molecular flexibility index (Phi) is 4.63. The number of carbonyl (C=O) groups is 1. The van der Waals surface area contributed by atoms with E-state index in [0.717, 1.165) is 25.7 Å². The highest BCUT2D eigenvalue weighted by Crippen LogP contribution is 2.65. The fourth-order valence-electron chi connectivity index (χ4n) is 8.62. The third-order valence-electron chi connectivity index (χ3n) is 10.5. The lowest BCUT2D eigenvalue weighted by molar-refractivity contribution is -0.131. The van der Waals surface area contributed by atoms with Gasteiger partial charge < -0.3 is 14.9 Å². The van der Waals surface area contributed by atoms with E-state index < -0.39 is 12.2 Å². The Morgan fingerprint density at radius 3 is 2.41 bits per heavy atom. The first-order valence-electron chi connectivity index (χ1n) is 11.9. The minimum atomic E-state index is -0.849. The largest absolute Gasteiger partial charge is 0.389 e. The van der Waals surface area contributed by atoms with Crippen molar-refractivity contribution in [2.24, 2.45) is 34.5 Å². The third-order valence-corrected chi connectivity index (χ3v) is 10.5. The van der Waals surface area contributed by atoms with Crippen LogP contribution in [0.25, 0.3) is 0 Å². The molecule has 5 aliphatic carbocycles. The Labute approximate surface area is 175 Å². The van der Waals surface area contributed by atoms with Crippen molar-refractivity contribution in [2.45, 2.75) is 95.9 Å². The molecule has 8 atom stereocenters. The standard InChI is InChI=1S/C25H38O4/c1-23-10-6-15(25(29-3)8-4-5-9-25)12-16(23)13-19(26)21-17(23)7-11-24(2)18(21)14-20(27)22(24)28/h13,15,17-19,21-22,26,28H,4-12,14H2,1-3H3/t15-,17?,18?,19?,21?,22-,23-,24-/m0/s1. The van der Waals surface area contributed by atoms with Crippen LogP contribution in [0.1, 0.15) is 78.1 Å². The molecule has 2 N–H and O–H groups in total. The Bertz CT molecular complexity index is 722.